The van der Waals surface area contributed by atoms with Crippen molar-refractivity contribution in [1.82, 2.24) is 10.2 Å². The summed E-state index contributed by atoms with van der Waals surface area (Å²) >= 11 is 1.95. The van der Waals surface area contributed by atoms with Crippen molar-refractivity contribution in [3.8, 4) is 0 Å². The maximum Gasteiger partial charge on any atom is 0.223 e. The predicted molar refractivity (Wildman–Crippen MR) is 73.4 cm³/mol. The van der Waals surface area contributed by atoms with E-state index in [1.165, 1.54) is 32.1 Å². The first-order valence-corrected chi connectivity index (χ1v) is 8.12. The highest BCUT2D eigenvalue weighted by Crippen LogP contribution is 2.21. The molecule has 2 rings (SSSR count). The summed E-state index contributed by atoms with van der Waals surface area (Å²) < 4.78 is 0. The molecule has 1 aliphatic heterocycles. The SMILES string of the molecule is CSC1CCCN(C(=O)CCNC2CC2)CC1. The second-order valence-electron chi connectivity index (χ2n) is 5.15. The number of hydrogen-bond acceptors (Lipinski definition) is 3. The Labute approximate surface area is 109 Å². The summed E-state index contributed by atoms with van der Waals surface area (Å²) in [6, 6.07) is 0.716. The van der Waals surface area contributed by atoms with Crippen molar-refractivity contribution < 1.29 is 4.79 Å². The molecule has 1 amide bonds. The van der Waals surface area contributed by atoms with Crippen LogP contribution in [-0.4, -0.2) is 48.0 Å². The number of likely N-dealkylation sites (tertiary alicyclic amines) is 1. The van der Waals surface area contributed by atoms with E-state index in [4.69, 9.17) is 0 Å². The zero-order chi connectivity index (χ0) is 12.1. The van der Waals surface area contributed by atoms with Crippen molar-refractivity contribution in [2.24, 2.45) is 0 Å². The highest BCUT2D eigenvalue weighted by Gasteiger charge is 2.22. The van der Waals surface area contributed by atoms with E-state index in [1.54, 1.807) is 0 Å². The summed E-state index contributed by atoms with van der Waals surface area (Å²) in [7, 11) is 0. The molecule has 2 aliphatic rings. The maximum atomic E-state index is 12.0. The molecule has 2 fully saturated rings. The lowest BCUT2D eigenvalue weighted by Crippen LogP contribution is -2.34. The van der Waals surface area contributed by atoms with Crippen LogP contribution in [-0.2, 0) is 4.79 Å². The monoisotopic (exact) mass is 256 g/mol. The van der Waals surface area contributed by atoms with Crippen LogP contribution < -0.4 is 5.32 Å². The lowest BCUT2D eigenvalue weighted by atomic mass is 10.2. The fourth-order valence-electron chi connectivity index (χ4n) is 2.38. The Morgan fingerprint density at radius 2 is 2.12 bits per heavy atom. The molecule has 1 N–H and O–H groups in total. The number of thioether (sulfide) groups is 1. The Balaban J connectivity index is 1.66. The van der Waals surface area contributed by atoms with Crippen LogP contribution in [0.15, 0.2) is 0 Å². The van der Waals surface area contributed by atoms with E-state index in [9.17, 15) is 4.79 Å². The Morgan fingerprint density at radius 3 is 2.82 bits per heavy atom. The number of rotatable bonds is 5. The summed E-state index contributed by atoms with van der Waals surface area (Å²) in [5.74, 6) is 0.347. The van der Waals surface area contributed by atoms with Gasteiger partial charge in [-0.3, -0.25) is 4.79 Å². The molecule has 0 spiro atoms. The molecule has 3 nitrogen and oxygen atoms in total. The van der Waals surface area contributed by atoms with Crippen LogP contribution in [0.3, 0.4) is 0 Å². The molecule has 0 radical (unpaired) electrons. The summed E-state index contributed by atoms with van der Waals surface area (Å²) in [5, 5.41) is 4.17. The quantitative estimate of drug-likeness (QED) is 0.815. The highest BCUT2D eigenvalue weighted by atomic mass is 32.2. The summed E-state index contributed by atoms with van der Waals surface area (Å²) in [4.78, 5) is 14.1. The van der Waals surface area contributed by atoms with E-state index in [0.717, 1.165) is 24.9 Å². The molecule has 17 heavy (non-hydrogen) atoms. The molecule has 98 valence electrons. The minimum Gasteiger partial charge on any atom is -0.343 e. The van der Waals surface area contributed by atoms with Gasteiger partial charge in [0, 0.05) is 37.3 Å². The van der Waals surface area contributed by atoms with E-state index in [1.807, 2.05) is 11.8 Å². The van der Waals surface area contributed by atoms with Crippen molar-refractivity contribution in [2.45, 2.75) is 49.8 Å². The Morgan fingerprint density at radius 1 is 1.29 bits per heavy atom. The molecule has 1 unspecified atom stereocenters. The highest BCUT2D eigenvalue weighted by molar-refractivity contribution is 7.99. The third-order valence-corrected chi connectivity index (χ3v) is 4.85. The number of carbonyl (C=O) groups excluding carboxylic acids is 1. The van der Waals surface area contributed by atoms with Crippen LogP contribution in [0, 0.1) is 0 Å². The van der Waals surface area contributed by atoms with Crippen LogP contribution in [0.4, 0.5) is 0 Å². The number of hydrogen-bond donors (Lipinski definition) is 1. The lowest BCUT2D eigenvalue weighted by molar-refractivity contribution is -0.131. The first-order chi connectivity index (χ1) is 8.29. The molecule has 4 heteroatoms. The zero-order valence-electron chi connectivity index (χ0n) is 10.8. The van der Waals surface area contributed by atoms with E-state index in [-0.39, 0.29) is 0 Å². The molecule has 0 bridgehead atoms. The molecular formula is C13H24N2OS. The molecular weight excluding hydrogens is 232 g/mol. The number of carbonyl (C=O) groups is 1. The summed E-state index contributed by atoms with van der Waals surface area (Å²) in [5.41, 5.74) is 0. The van der Waals surface area contributed by atoms with Crippen molar-refractivity contribution >= 4 is 17.7 Å². The van der Waals surface area contributed by atoms with Crippen LogP contribution in [0.5, 0.6) is 0 Å². The van der Waals surface area contributed by atoms with Crippen molar-refractivity contribution in [3.05, 3.63) is 0 Å². The van der Waals surface area contributed by atoms with E-state index >= 15 is 0 Å². The first kappa shape index (κ1) is 13.2. The molecule has 0 aromatic heterocycles. The third kappa shape index (κ3) is 4.51. The molecule has 1 saturated carbocycles. The average Bonchev–Trinajstić information content (AvgIpc) is 3.14. The molecule has 1 heterocycles. The van der Waals surface area contributed by atoms with Crippen molar-refractivity contribution in [2.75, 3.05) is 25.9 Å². The van der Waals surface area contributed by atoms with Crippen molar-refractivity contribution in [3.63, 3.8) is 0 Å². The summed E-state index contributed by atoms with van der Waals surface area (Å²) in [6.45, 7) is 2.80. The van der Waals surface area contributed by atoms with E-state index in [0.29, 0.717) is 18.4 Å². The minimum absolute atomic E-state index is 0.347. The Bertz CT molecular complexity index is 256. The largest absolute Gasteiger partial charge is 0.343 e. The smallest absolute Gasteiger partial charge is 0.223 e. The van der Waals surface area contributed by atoms with Crippen LogP contribution in [0.2, 0.25) is 0 Å². The Kier molecular flexibility index (Phi) is 5.16. The third-order valence-electron chi connectivity index (χ3n) is 3.71. The molecule has 1 saturated heterocycles. The van der Waals surface area contributed by atoms with Gasteiger partial charge in [0.2, 0.25) is 5.91 Å². The maximum absolute atomic E-state index is 12.0. The number of nitrogens with one attached hydrogen (secondary N) is 1. The Hall–Kier alpha value is -0.220. The fourth-order valence-corrected chi connectivity index (χ4v) is 3.12. The molecule has 1 atom stereocenters. The van der Waals surface area contributed by atoms with Gasteiger partial charge in [-0.1, -0.05) is 0 Å². The zero-order valence-corrected chi connectivity index (χ0v) is 11.6. The van der Waals surface area contributed by atoms with Crippen LogP contribution in [0.25, 0.3) is 0 Å². The number of amides is 1. The van der Waals surface area contributed by atoms with Gasteiger partial charge in [-0.25, -0.2) is 0 Å². The predicted octanol–water partition coefficient (Wildman–Crippen LogP) is 1.87. The standard InChI is InChI=1S/C13H24N2OS/c1-17-12-3-2-9-15(10-7-12)13(16)6-8-14-11-4-5-11/h11-12,14H,2-10H2,1H3. The van der Waals surface area contributed by atoms with Crippen LogP contribution >= 0.6 is 11.8 Å². The van der Waals surface area contributed by atoms with E-state index < -0.39 is 0 Å². The minimum atomic E-state index is 0.347. The van der Waals surface area contributed by atoms with Gasteiger partial charge in [-0.15, -0.1) is 0 Å². The van der Waals surface area contributed by atoms with Gasteiger partial charge in [-0.2, -0.15) is 11.8 Å². The second-order valence-corrected chi connectivity index (χ2v) is 6.29. The average molecular weight is 256 g/mol. The van der Waals surface area contributed by atoms with Gasteiger partial charge in [-0.05, 0) is 38.4 Å². The lowest BCUT2D eigenvalue weighted by Gasteiger charge is -2.20. The molecule has 0 aromatic rings. The fraction of sp³-hybridized carbons (Fsp3) is 0.923. The number of nitrogens with zero attached hydrogens (tertiary/aromatic N) is 1. The van der Waals surface area contributed by atoms with Gasteiger partial charge in [0.1, 0.15) is 0 Å². The van der Waals surface area contributed by atoms with Gasteiger partial charge in [0.25, 0.3) is 0 Å². The normalized spacial score (nSPS) is 25.7. The van der Waals surface area contributed by atoms with Crippen molar-refractivity contribution in [1.29, 1.82) is 0 Å². The van der Waals surface area contributed by atoms with E-state index in [2.05, 4.69) is 16.5 Å². The summed E-state index contributed by atoms with van der Waals surface area (Å²) in [6.07, 6.45) is 9.07. The molecule has 0 aromatic carbocycles. The second kappa shape index (κ2) is 6.64. The van der Waals surface area contributed by atoms with Gasteiger partial charge in [0.15, 0.2) is 0 Å². The van der Waals surface area contributed by atoms with Gasteiger partial charge >= 0.3 is 0 Å². The first-order valence-electron chi connectivity index (χ1n) is 6.83. The van der Waals surface area contributed by atoms with Gasteiger partial charge in [0.05, 0.1) is 0 Å². The topological polar surface area (TPSA) is 32.3 Å². The van der Waals surface area contributed by atoms with Crippen LogP contribution in [0.1, 0.15) is 38.5 Å². The van der Waals surface area contributed by atoms with Gasteiger partial charge < -0.3 is 10.2 Å². The molecule has 1 aliphatic carbocycles.